The van der Waals surface area contributed by atoms with Crippen LogP contribution in [0.3, 0.4) is 0 Å². The maximum atomic E-state index is 6.00. The number of rotatable bonds is 1. The van der Waals surface area contributed by atoms with Gasteiger partial charge in [-0.1, -0.05) is 48.5 Å². The summed E-state index contributed by atoms with van der Waals surface area (Å²) in [6.07, 6.45) is 0. The van der Waals surface area contributed by atoms with Crippen molar-refractivity contribution in [1.29, 1.82) is 0 Å². The van der Waals surface area contributed by atoms with E-state index in [2.05, 4.69) is 54.6 Å². The molecule has 106 valence electrons. The van der Waals surface area contributed by atoms with Crippen LogP contribution in [0.2, 0.25) is 0 Å². The fourth-order valence-electron chi connectivity index (χ4n) is 3.15. The second kappa shape index (κ2) is 4.78. The highest BCUT2D eigenvalue weighted by molar-refractivity contribution is 6.13. The van der Waals surface area contributed by atoms with Gasteiger partial charge in [0.25, 0.3) is 0 Å². The van der Waals surface area contributed by atoms with E-state index in [0.717, 1.165) is 5.56 Å². The van der Waals surface area contributed by atoms with E-state index in [9.17, 15) is 0 Å². The Morgan fingerprint density at radius 1 is 0.545 bits per heavy atom. The zero-order valence-electron chi connectivity index (χ0n) is 12.1. The first kappa shape index (κ1) is 12.7. The molecular weight excluding hydrogens is 268 g/mol. The molecule has 0 heterocycles. The van der Waals surface area contributed by atoms with Crippen molar-refractivity contribution in [3.8, 4) is 11.1 Å². The van der Waals surface area contributed by atoms with Gasteiger partial charge in [-0.3, -0.25) is 0 Å². The first-order valence-electron chi connectivity index (χ1n) is 7.29. The smallest absolute Gasteiger partial charge is 0.0340 e. The molecule has 0 atom stereocenters. The Bertz CT molecular complexity index is 929. The Morgan fingerprint density at radius 2 is 1.05 bits per heavy atom. The standard InChI is InChI=1S/C20H16N2/c21-16-10-15(11-17(22)12-16)20-18-7-3-1-5-13(18)9-14-6-2-4-8-19(14)20/h1-12H,21-22H2. The number of hydrogen-bond donors (Lipinski definition) is 2. The summed E-state index contributed by atoms with van der Waals surface area (Å²) in [6.45, 7) is 0. The van der Waals surface area contributed by atoms with E-state index in [4.69, 9.17) is 11.5 Å². The molecule has 4 aromatic rings. The van der Waals surface area contributed by atoms with Crippen LogP contribution in [0.1, 0.15) is 0 Å². The van der Waals surface area contributed by atoms with Crippen LogP contribution in [-0.2, 0) is 0 Å². The van der Waals surface area contributed by atoms with Crippen molar-refractivity contribution in [3.63, 3.8) is 0 Å². The second-order valence-electron chi connectivity index (χ2n) is 5.58. The molecular formula is C20H16N2. The molecule has 4 aromatic carbocycles. The Hall–Kier alpha value is -3.00. The molecule has 0 saturated carbocycles. The summed E-state index contributed by atoms with van der Waals surface area (Å²) in [6, 6.07) is 24.8. The monoisotopic (exact) mass is 284 g/mol. The minimum absolute atomic E-state index is 0.687. The minimum atomic E-state index is 0.687. The van der Waals surface area contributed by atoms with Gasteiger partial charge in [0.15, 0.2) is 0 Å². The number of hydrogen-bond acceptors (Lipinski definition) is 2. The zero-order chi connectivity index (χ0) is 15.1. The second-order valence-corrected chi connectivity index (χ2v) is 5.58. The van der Waals surface area contributed by atoms with E-state index < -0.39 is 0 Å². The van der Waals surface area contributed by atoms with E-state index in [1.54, 1.807) is 6.07 Å². The van der Waals surface area contributed by atoms with E-state index in [1.165, 1.54) is 27.1 Å². The SMILES string of the molecule is Nc1cc(N)cc(-c2c3ccccc3cc3ccccc23)c1. The Labute approximate surface area is 129 Å². The van der Waals surface area contributed by atoms with Crippen LogP contribution in [0, 0.1) is 0 Å². The maximum absolute atomic E-state index is 6.00. The Balaban J connectivity index is 2.21. The van der Waals surface area contributed by atoms with Gasteiger partial charge in [0.2, 0.25) is 0 Å². The predicted molar refractivity (Wildman–Crippen MR) is 95.7 cm³/mol. The van der Waals surface area contributed by atoms with Gasteiger partial charge in [-0.15, -0.1) is 0 Å². The molecule has 0 aliphatic rings. The van der Waals surface area contributed by atoms with Crippen LogP contribution in [0.25, 0.3) is 32.7 Å². The lowest BCUT2D eigenvalue weighted by Gasteiger charge is -2.13. The van der Waals surface area contributed by atoms with Gasteiger partial charge >= 0.3 is 0 Å². The molecule has 4 rings (SSSR count). The first-order chi connectivity index (χ1) is 10.7. The molecule has 22 heavy (non-hydrogen) atoms. The molecule has 0 fully saturated rings. The van der Waals surface area contributed by atoms with Crippen LogP contribution in [0.15, 0.2) is 72.8 Å². The third-order valence-electron chi connectivity index (χ3n) is 4.04. The van der Waals surface area contributed by atoms with Crippen LogP contribution >= 0.6 is 0 Å². The molecule has 4 N–H and O–H groups in total. The topological polar surface area (TPSA) is 52.0 Å². The number of nitrogens with two attached hydrogens (primary N) is 2. The van der Waals surface area contributed by atoms with Crippen LogP contribution in [-0.4, -0.2) is 0 Å². The third-order valence-corrected chi connectivity index (χ3v) is 4.04. The van der Waals surface area contributed by atoms with Crippen LogP contribution in [0.4, 0.5) is 11.4 Å². The lowest BCUT2D eigenvalue weighted by molar-refractivity contribution is 1.64. The summed E-state index contributed by atoms with van der Waals surface area (Å²) in [4.78, 5) is 0. The molecule has 2 heteroatoms. The highest BCUT2D eigenvalue weighted by Crippen LogP contribution is 2.37. The van der Waals surface area contributed by atoms with Gasteiger partial charge < -0.3 is 11.5 Å². The molecule has 0 radical (unpaired) electrons. The Morgan fingerprint density at radius 3 is 1.59 bits per heavy atom. The van der Waals surface area contributed by atoms with Crippen molar-refractivity contribution in [2.24, 2.45) is 0 Å². The lowest BCUT2D eigenvalue weighted by Crippen LogP contribution is -1.92. The summed E-state index contributed by atoms with van der Waals surface area (Å²) in [5.41, 5.74) is 15.6. The minimum Gasteiger partial charge on any atom is -0.399 e. The largest absolute Gasteiger partial charge is 0.399 e. The van der Waals surface area contributed by atoms with E-state index in [1.807, 2.05) is 12.1 Å². The van der Waals surface area contributed by atoms with E-state index in [-0.39, 0.29) is 0 Å². The Kier molecular flexibility index (Phi) is 2.76. The fourth-order valence-corrected chi connectivity index (χ4v) is 3.15. The predicted octanol–water partition coefficient (Wildman–Crippen LogP) is 4.82. The van der Waals surface area contributed by atoms with Crippen LogP contribution in [0.5, 0.6) is 0 Å². The fraction of sp³-hybridized carbons (Fsp3) is 0. The quantitative estimate of drug-likeness (QED) is 0.389. The molecule has 0 amide bonds. The summed E-state index contributed by atoms with van der Waals surface area (Å²) in [5.74, 6) is 0. The lowest BCUT2D eigenvalue weighted by atomic mass is 9.92. The molecule has 0 bridgehead atoms. The summed E-state index contributed by atoms with van der Waals surface area (Å²) in [5, 5.41) is 4.87. The maximum Gasteiger partial charge on any atom is 0.0340 e. The van der Waals surface area contributed by atoms with Crippen molar-refractivity contribution < 1.29 is 0 Å². The molecule has 0 saturated heterocycles. The van der Waals surface area contributed by atoms with E-state index >= 15 is 0 Å². The van der Waals surface area contributed by atoms with Gasteiger partial charge in [-0.25, -0.2) is 0 Å². The summed E-state index contributed by atoms with van der Waals surface area (Å²) >= 11 is 0. The van der Waals surface area contributed by atoms with Crippen molar-refractivity contribution >= 4 is 32.9 Å². The highest BCUT2D eigenvalue weighted by Gasteiger charge is 2.10. The van der Waals surface area contributed by atoms with Gasteiger partial charge in [-0.2, -0.15) is 0 Å². The van der Waals surface area contributed by atoms with Crippen molar-refractivity contribution in [3.05, 3.63) is 72.8 Å². The van der Waals surface area contributed by atoms with Crippen molar-refractivity contribution in [2.45, 2.75) is 0 Å². The van der Waals surface area contributed by atoms with Crippen molar-refractivity contribution in [1.82, 2.24) is 0 Å². The van der Waals surface area contributed by atoms with Crippen LogP contribution < -0.4 is 11.5 Å². The average molecular weight is 284 g/mol. The molecule has 0 aliphatic heterocycles. The van der Waals surface area contributed by atoms with Gasteiger partial charge in [0.1, 0.15) is 0 Å². The van der Waals surface area contributed by atoms with Gasteiger partial charge in [0, 0.05) is 11.4 Å². The molecule has 0 aromatic heterocycles. The number of fused-ring (bicyclic) bond motifs is 2. The van der Waals surface area contributed by atoms with Gasteiger partial charge in [-0.05, 0) is 56.9 Å². The third kappa shape index (κ3) is 1.97. The van der Waals surface area contributed by atoms with Crippen molar-refractivity contribution in [2.75, 3.05) is 11.5 Å². The number of anilines is 2. The highest BCUT2D eigenvalue weighted by atomic mass is 14.6. The normalized spacial score (nSPS) is 11.1. The zero-order valence-corrected chi connectivity index (χ0v) is 12.1. The molecule has 0 aliphatic carbocycles. The summed E-state index contributed by atoms with van der Waals surface area (Å²) < 4.78 is 0. The molecule has 0 spiro atoms. The van der Waals surface area contributed by atoms with Gasteiger partial charge in [0.05, 0.1) is 0 Å². The van der Waals surface area contributed by atoms with E-state index in [0.29, 0.717) is 11.4 Å². The molecule has 2 nitrogen and oxygen atoms in total. The number of benzene rings is 4. The molecule has 0 unspecified atom stereocenters. The number of nitrogen functional groups attached to an aromatic ring is 2. The first-order valence-corrected chi connectivity index (χ1v) is 7.29. The summed E-state index contributed by atoms with van der Waals surface area (Å²) in [7, 11) is 0. The average Bonchev–Trinajstić information content (AvgIpc) is 2.51.